The molecule has 2 fully saturated rings. The standard InChI is InChI=1S/C27H31N7O3/c1-16-10-31-32-17(2)24(16)18(3)37-20-6-7-22(28)21(9-20)25(29)19-5-8-23(30-11-19)33-12-27(13-33)14-34(15-27)26(35)36-4/h5-11,18,29H,12-15,28H2,1-4H3. The van der Waals surface area contributed by atoms with Gasteiger partial charge in [0.15, 0.2) is 0 Å². The Morgan fingerprint density at radius 3 is 2.54 bits per heavy atom. The van der Waals surface area contributed by atoms with E-state index in [1.807, 2.05) is 39.0 Å². The number of likely N-dealkylation sites (tertiary alicyclic amines) is 1. The molecule has 0 saturated carbocycles. The number of ether oxygens (including phenoxy) is 2. The van der Waals surface area contributed by atoms with E-state index in [9.17, 15) is 4.79 Å². The molecular formula is C27H31N7O3. The zero-order valence-electron chi connectivity index (χ0n) is 21.5. The Hall–Kier alpha value is -4.21. The highest BCUT2D eigenvalue weighted by Crippen LogP contribution is 2.41. The van der Waals surface area contributed by atoms with Crippen molar-refractivity contribution in [3.8, 4) is 5.75 Å². The van der Waals surface area contributed by atoms with Crippen LogP contribution in [0, 0.1) is 24.7 Å². The Kier molecular flexibility index (Phi) is 6.18. The molecule has 2 saturated heterocycles. The molecule has 3 N–H and O–H groups in total. The molecule has 1 aromatic carbocycles. The average Bonchev–Trinajstić information content (AvgIpc) is 2.83. The Bertz CT molecular complexity index is 1320. The van der Waals surface area contributed by atoms with Crippen molar-refractivity contribution in [1.82, 2.24) is 20.1 Å². The van der Waals surface area contributed by atoms with Gasteiger partial charge in [-0.25, -0.2) is 9.78 Å². The van der Waals surface area contributed by atoms with Crippen LogP contribution in [0.15, 0.2) is 42.7 Å². The Morgan fingerprint density at radius 2 is 1.89 bits per heavy atom. The van der Waals surface area contributed by atoms with E-state index in [-0.39, 0.29) is 23.3 Å². The Morgan fingerprint density at radius 1 is 1.14 bits per heavy atom. The molecule has 1 amide bonds. The van der Waals surface area contributed by atoms with E-state index >= 15 is 0 Å². The monoisotopic (exact) mass is 501 g/mol. The molecule has 0 radical (unpaired) electrons. The molecule has 0 bridgehead atoms. The number of carbonyl (C=O) groups excluding carboxylic acids is 1. The summed E-state index contributed by atoms with van der Waals surface area (Å²) in [5, 5.41) is 16.9. The van der Waals surface area contributed by atoms with E-state index in [1.54, 1.807) is 29.4 Å². The second-order valence-electron chi connectivity index (χ2n) is 10.00. The van der Waals surface area contributed by atoms with Gasteiger partial charge in [0, 0.05) is 60.2 Å². The summed E-state index contributed by atoms with van der Waals surface area (Å²) in [6.07, 6.45) is 2.92. The van der Waals surface area contributed by atoms with Gasteiger partial charge >= 0.3 is 6.09 Å². The minimum Gasteiger partial charge on any atom is -0.486 e. The largest absolute Gasteiger partial charge is 0.486 e. The summed E-state index contributed by atoms with van der Waals surface area (Å²) in [5.41, 5.74) is 11.2. The number of anilines is 2. The molecule has 4 heterocycles. The second kappa shape index (κ2) is 9.34. The number of carbonyl (C=O) groups is 1. The molecule has 0 aliphatic carbocycles. The number of nitrogens with two attached hydrogens (primary N) is 1. The summed E-state index contributed by atoms with van der Waals surface area (Å²) < 4.78 is 11.0. The maximum atomic E-state index is 11.6. The molecule has 2 aliphatic rings. The second-order valence-corrected chi connectivity index (χ2v) is 10.00. The number of nitrogens with zero attached hydrogens (tertiary/aromatic N) is 5. The van der Waals surface area contributed by atoms with Crippen LogP contribution in [0.25, 0.3) is 0 Å². The Balaban J connectivity index is 1.25. The summed E-state index contributed by atoms with van der Waals surface area (Å²) in [7, 11) is 1.41. The molecule has 1 unspecified atom stereocenters. The zero-order valence-corrected chi connectivity index (χ0v) is 21.5. The third kappa shape index (κ3) is 4.54. The van der Waals surface area contributed by atoms with Gasteiger partial charge in [0.05, 0.1) is 24.7 Å². The zero-order chi connectivity index (χ0) is 26.3. The van der Waals surface area contributed by atoms with Crippen LogP contribution in [0.4, 0.5) is 16.3 Å². The van der Waals surface area contributed by atoms with E-state index in [0.717, 1.165) is 35.7 Å². The van der Waals surface area contributed by atoms with Crippen LogP contribution in [0.2, 0.25) is 0 Å². The summed E-state index contributed by atoms with van der Waals surface area (Å²) in [4.78, 5) is 20.1. The van der Waals surface area contributed by atoms with Gasteiger partial charge in [-0.1, -0.05) is 0 Å². The number of hydrogen-bond donors (Lipinski definition) is 2. The number of amides is 1. The van der Waals surface area contributed by atoms with Crippen molar-refractivity contribution in [1.29, 1.82) is 5.41 Å². The minimum absolute atomic E-state index is 0.136. The molecule has 1 atom stereocenters. The first-order chi connectivity index (χ1) is 17.7. The number of benzene rings is 1. The number of nitrogens with one attached hydrogen (secondary N) is 1. The highest BCUT2D eigenvalue weighted by atomic mass is 16.5. The molecule has 37 heavy (non-hydrogen) atoms. The molecule has 2 aliphatic heterocycles. The van der Waals surface area contributed by atoms with Gasteiger partial charge in [-0.15, -0.1) is 0 Å². The molecule has 192 valence electrons. The lowest BCUT2D eigenvalue weighted by molar-refractivity contribution is -0.0153. The van der Waals surface area contributed by atoms with E-state index < -0.39 is 0 Å². The highest BCUT2D eigenvalue weighted by molar-refractivity contribution is 6.13. The Labute approximate surface area is 215 Å². The van der Waals surface area contributed by atoms with Crippen molar-refractivity contribution in [3.05, 3.63) is 70.7 Å². The number of nitrogen functional groups attached to an aromatic ring is 1. The number of aromatic nitrogens is 3. The minimum atomic E-state index is -0.270. The number of rotatable bonds is 6. The fraction of sp³-hybridized carbons (Fsp3) is 0.370. The predicted molar refractivity (Wildman–Crippen MR) is 140 cm³/mol. The van der Waals surface area contributed by atoms with Gasteiger partial charge < -0.3 is 25.0 Å². The van der Waals surface area contributed by atoms with Crippen LogP contribution < -0.4 is 15.4 Å². The smallest absolute Gasteiger partial charge is 0.409 e. The van der Waals surface area contributed by atoms with Gasteiger partial charge in [0.2, 0.25) is 0 Å². The quantitative estimate of drug-likeness (QED) is 0.388. The van der Waals surface area contributed by atoms with Crippen LogP contribution in [0.3, 0.4) is 0 Å². The maximum absolute atomic E-state index is 11.6. The van der Waals surface area contributed by atoms with Gasteiger partial charge in [-0.05, 0) is 56.7 Å². The topological polar surface area (TPSA) is 131 Å². The molecule has 1 spiro atoms. The maximum Gasteiger partial charge on any atom is 0.409 e. The fourth-order valence-corrected chi connectivity index (χ4v) is 5.34. The van der Waals surface area contributed by atoms with Crippen LogP contribution >= 0.6 is 0 Å². The lowest BCUT2D eigenvalue weighted by atomic mass is 9.73. The van der Waals surface area contributed by atoms with Crippen molar-refractivity contribution in [2.24, 2.45) is 5.41 Å². The fourth-order valence-electron chi connectivity index (χ4n) is 5.34. The van der Waals surface area contributed by atoms with Gasteiger partial charge in [0.25, 0.3) is 0 Å². The van der Waals surface area contributed by atoms with E-state index in [2.05, 4.69) is 20.1 Å². The van der Waals surface area contributed by atoms with Gasteiger partial charge in [0.1, 0.15) is 17.7 Å². The molecule has 3 aromatic rings. The summed E-state index contributed by atoms with van der Waals surface area (Å²) in [6.45, 7) is 9.00. The summed E-state index contributed by atoms with van der Waals surface area (Å²) >= 11 is 0. The summed E-state index contributed by atoms with van der Waals surface area (Å²) in [6, 6.07) is 9.18. The van der Waals surface area contributed by atoms with Gasteiger partial charge in [-0.3, -0.25) is 5.41 Å². The molecule has 5 rings (SSSR count). The predicted octanol–water partition coefficient (Wildman–Crippen LogP) is 3.52. The first kappa shape index (κ1) is 24.5. The number of hydrogen-bond acceptors (Lipinski definition) is 9. The van der Waals surface area contributed by atoms with Crippen molar-refractivity contribution < 1.29 is 14.3 Å². The first-order valence-electron chi connectivity index (χ1n) is 12.2. The number of aryl methyl sites for hydroxylation is 2. The highest BCUT2D eigenvalue weighted by Gasteiger charge is 2.53. The van der Waals surface area contributed by atoms with Crippen molar-refractivity contribution in [2.75, 3.05) is 43.9 Å². The first-order valence-corrected chi connectivity index (χ1v) is 12.2. The lowest BCUT2D eigenvalue weighted by Crippen LogP contribution is -2.73. The number of methoxy groups -OCH3 is 1. The SMILES string of the molecule is COC(=O)N1CC2(C1)CN(c1ccc(C(=N)c3cc(OC(C)c4c(C)cnnc4C)ccc3N)cn1)C2. The van der Waals surface area contributed by atoms with E-state index in [4.69, 9.17) is 20.6 Å². The third-order valence-electron chi connectivity index (χ3n) is 7.19. The van der Waals surface area contributed by atoms with Crippen LogP contribution in [0.1, 0.15) is 41.0 Å². The normalized spacial score (nSPS) is 16.5. The van der Waals surface area contributed by atoms with Crippen molar-refractivity contribution in [3.63, 3.8) is 0 Å². The molecule has 10 nitrogen and oxygen atoms in total. The molecular weight excluding hydrogens is 470 g/mol. The third-order valence-corrected chi connectivity index (χ3v) is 7.19. The van der Waals surface area contributed by atoms with Gasteiger partial charge in [-0.2, -0.15) is 10.2 Å². The van der Waals surface area contributed by atoms with Crippen LogP contribution in [-0.2, 0) is 4.74 Å². The van der Waals surface area contributed by atoms with Crippen molar-refractivity contribution in [2.45, 2.75) is 26.9 Å². The van der Waals surface area contributed by atoms with E-state index in [0.29, 0.717) is 35.7 Å². The van der Waals surface area contributed by atoms with Crippen molar-refractivity contribution >= 4 is 23.3 Å². The van der Waals surface area contributed by atoms with E-state index in [1.165, 1.54) is 7.11 Å². The molecule has 10 heteroatoms. The summed E-state index contributed by atoms with van der Waals surface area (Å²) in [5.74, 6) is 1.48. The number of pyridine rings is 1. The van der Waals surface area contributed by atoms with Crippen LogP contribution in [-0.4, -0.2) is 65.2 Å². The van der Waals surface area contributed by atoms with Crippen LogP contribution in [0.5, 0.6) is 5.75 Å². The molecule has 2 aromatic heterocycles. The average molecular weight is 502 g/mol. The lowest BCUT2D eigenvalue weighted by Gasteiger charge is -2.59.